The number of Topliss-reactive ketones (excluding diaryl/α,β-unsaturated/α-hetero) is 1. The van der Waals surface area contributed by atoms with Crippen LogP contribution >= 0.6 is 22.9 Å². The minimum atomic E-state index is -0.859. The summed E-state index contributed by atoms with van der Waals surface area (Å²) in [5.41, 5.74) is 2.94. The number of aromatic nitrogens is 1. The molecule has 1 fully saturated rings. The first kappa shape index (κ1) is 23.1. The first-order chi connectivity index (χ1) is 16.9. The maximum absolute atomic E-state index is 13.4. The Morgan fingerprint density at radius 3 is 2.46 bits per heavy atom. The number of hydrogen-bond acceptors (Lipinski definition) is 6. The molecular formula is C27H21ClN2O4S. The molecular weight excluding hydrogens is 484 g/mol. The van der Waals surface area contributed by atoms with Crippen LogP contribution in [-0.4, -0.2) is 28.9 Å². The summed E-state index contributed by atoms with van der Waals surface area (Å²) in [4.78, 5) is 32.7. The standard InChI is InChI=1S/C27H21ClN2O4S/c1-3-15-4-13-20-21(14-15)35-27(29-20)30-23(16-7-11-19(34-2)12-8-16)22(25(32)26(30)33)24(31)17-5-9-18(28)10-6-17/h4-14,23,31H,3H2,1-2H3/t23-/m1/s1. The van der Waals surface area contributed by atoms with Gasteiger partial charge in [0.2, 0.25) is 0 Å². The Bertz CT molecular complexity index is 1480. The molecule has 1 aliphatic heterocycles. The number of nitrogens with zero attached hydrogens (tertiary/aromatic N) is 2. The van der Waals surface area contributed by atoms with Gasteiger partial charge in [-0.3, -0.25) is 14.5 Å². The Hall–Kier alpha value is -3.68. The number of hydrogen-bond donors (Lipinski definition) is 1. The molecule has 8 heteroatoms. The van der Waals surface area contributed by atoms with Crippen LogP contribution in [0.3, 0.4) is 0 Å². The highest BCUT2D eigenvalue weighted by Gasteiger charge is 2.48. The van der Waals surface area contributed by atoms with Crippen molar-refractivity contribution in [1.29, 1.82) is 0 Å². The number of aliphatic hydroxyl groups excluding tert-OH is 1. The molecule has 1 aliphatic rings. The van der Waals surface area contributed by atoms with Crippen molar-refractivity contribution < 1.29 is 19.4 Å². The molecule has 4 aromatic rings. The summed E-state index contributed by atoms with van der Waals surface area (Å²) >= 11 is 7.34. The summed E-state index contributed by atoms with van der Waals surface area (Å²) in [7, 11) is 1.56. The van der Waals surface area contributed by atoms with E-state index in [9.17, 15) is 14.7 Å². The van der Waals surface area contributed by atoms with Gasteiger partial charge in [0.25, 0.3) is 5.78 Å². The lowest BCUT2D eigenvalue weighted by Gasteiger charge is -2.23. The first-order valence-corrected chi connectivity index (χ1v) is 12.2. The van der Waals surface area contributed by atoms with Crippen molar-refractivity contribution in [3.63, 3.8) is 0 Å². The first-order valence-electron chi connectivity index (χ1n) is 11.0. The molecule has 1 N–H and O–H groups in total. The number of aliphatic hydroxyl groups is 1. The van der Waals surface area contributed by atoms with Gasteiger partial charge in [0.15, 0.2) is 5.13 Å². The van der Waals surface area contributed by atoms with Gasteiger partial charge in [0.1, 0.15) is 11.5 Å². The van der Waals surface area contributed by atoms with Crippen molar-refractivity contribution in [2.24, 2.45) is 0 Å². The molecule has 0 unspecified atom stereocenters. The van der Waals surface area contributed by atoms with Crippen molar-refractivity contribution in [2.75, 3.05) is 12.0 Å². The molecule has 35 heavy (non-hydrogen) atoms. The summed E-state index contributed by atoms with van der Waals surface area (Å²) in [6.07, 6.45) is 0.876. The number of anilines is 1. The van der Waals surface area contributed by atoms with E-state index in [0.29, 0.717) is 27.0 Å². The molecule has 1 amide bonds. The zero-order chi connectivity index (χ0) is 24.7. The van der Waals surface area contributed by atoms with Crippen molar-refractivity contribution in [3.05, 3.63) is 94.0 Å². The van der Waals surface area contributed by atoms with E-state index in [2.05, 4.69) is 11.9 Å². The third-order valence-corrected chi connectivity index (χ3v) is 7.32. The van der Waals surface area contributed by atoms with Gasteiger partial charge in [-0.2, -0.15) is 0 Å². The number of ether oxygens (including phenoxy) is 1. The smallest absolute Gasteiger partial charge is 0.301 e. The summed E-state index contributed by atoms with van der Waals surface area (Å²) in [6.45, 7) is 2.07. The zero-order valence-corrected chi connectivity index (χ0v) is 20.6. The van der Waals surface area contributed by atoms with Crippen LogP contribution in [0.1, 0.15) is 29.7 Å². The fourth-order valence-corrected chi connectivity index (χ4v) is 5.36. The van der Waals surface area contributed by atoms with Gasteiger partial charge in [-0.1, -0.05) is 48.1 Å². The van der Waals surface area contributed by atoms with Crippen molar-refractivity contribution >= 4 is 55.7 Å². The van der Waals surface area contributed by atoms with Gasteiger partial charge in [-0.05, 0) is 66.1 Å². The lowest BCUT2D eigenvalue weighted by atomic mass is 9.95. The third-order valence-electron chi connectivity index (χ3n) is 6.05. The lowest BCUT2D eigenvalue weighted by Crippen LogP contribution is -2.29. The van der Waals surface area contributed by atoms with Crippen LogP contribution in [0.25, 0.3) is 16.0 Å². The van der Waals surface area contributed by atoms with Crippen LogP contribution in [-0.2, 0) is 16.0 Å². The molecule has 1 saturated heterocycles. The molecule has 0 aliphatic carbocycles. The molecule has 0 saturated carbocycles. The van der Waals surface area contributed by atoms with E-state index in [-0.39, 0.29) is 11.3 Å². The Morgan fingerprint density at radius 1 is 1.09 bits per heavy atom. The molecule has 3 aromatic carbocycles. The second-order valence-corrected chi connectivity index (χ2v) is 9.55. The highest BCUT2D eigenvalue weighted by molar-refractivity contribution is 7.22. The average Bonchev–Trinajstić information content (AvgIpc) is 3.41. The number of aryl methyl sites for hydroxylation is 1. The number of ketones is 1. The zero-order valence-electron chi connectivity index (χ0n) is 19.0. The fraction of sp³-hybridized carbons (Fsp3) is 0.148. The van der Waals surface area contributed by atoms with Gasteiger partial charge in [-0.25, -0.2) is 4.98 Å². The Balaban J connectivity index is 1.70. The second kappa shape index (κ2) is 9.17. The van der Waals surface area contributed by atoms with Crippen LogP contribution in [0.15, 0.2) is 72.3 Å². The minimum absolute atomic E-state index is 0.00371. The maximum Gasteiger partial charge on any atom is 0.301 e. The number of halogens is 1. The van der Waals surface area contributed by atoms with E-state index in [0.717, 1.165) is 22.2 Å². The molecule has 0 spiro atoms. The minimum Gasteiger partial charge on any atom is -0.507 e. The second-order valence-electron chi connectivity index (χ2n) is 8.10. The number of benzene rings is 3. The topological polar surface area (TPSA) is 79.7 Å². The number of carbonyl (C=O) groups is 2. The summed E-state index contributed by atoms with van der Waals surface area (Å²) in [5.74, 6) is -1.14. The SMILES string of the molecule is CCc1ccc2nc(N3C(=O)C(=O)C(=C(O)c4ccc(Cl)cc4)[C@H]3c3ccc(OC)cc3)sc2c1. The summed E-state index contributed by atoms with van der Waals surface area (Å²) in [5, 5.41) is 12.1. The summed E-state index contributed by atoms with van der Waals surface area (Å²) < 4.78 is 6.19. The number of fused-ring (bicyclic) bond motifs is 1. The largest absolute Gasteiger partial charge is 0.507 e. The monoisotopic (exact) mass is 504 g/mol. The third kappa shape index (κ3) is 4.07. The van der Waals surface area contributed by atoms with Gasteiger partial charge in [-0.15, -0.1) is 0 Å². The van der Waals surface area contributed by atoms with Crippen LogP contribution in [0, 0.1) is 0 Å². The number of carbonyl (C=O) groups excluding carboxylic acids is 2. The van der Waals surface area contributed by atoms with E-state index in [4.69, 9.17) is 16.3 Å². The van der Waals surface area contributed by atoms with E-state index in [1.54, 1.807) is 55.6 Å². The van der Waals surface area contributed by atoms with E-state index < -0.39 is 17.7 Å². The fourth-order valence-electron chi connectivity index (χ4n) is 4.17. The normalized spacial score (nSPS) is 17.3. The molecule has 6 nitrogen and oxygen atoms in total. The predicted molar refractivity (Wildman–Crippen MR) is 138 cm³/mol. The molecule has 0 radical (unpaired) electrons. The van der Waals surface area contributed by atoms with Gasteiger partial charge in [0.05, 0.1) is 28.9 Å². The Labute approximate surface area is 211 Å². The Morgan fingerprint density at radius 2 is 1.80 bits per heavy atom. The Kier molecular flexibility index (Phi) is 6.05. The van der Waals surface area contributed by atoms with Crippen molar-refractivity contribution in [3.8, 4) is 5.75 Å². The van der Waals surface area contributed by atoms with E-state index >= 15 is 0 Å². The van der Waals surface area contributed by atoms with Crippen molar-refractivity contribution in [2.45, 2.75) is 19.4 Å². The van der Waals surface area contributed by atoms with Crippen LogP contribution in [0.4, 0.5) is 5.13 Å². The number of amides is 1. The van der Waals surface area contributed by atoms with Crippen molar-refractivity contribution in [1.82, 2.24) is 4.98 Å². The van der Waals surface area contributed by atoms with E-state index in [1.165, 1.54) is 16.2 Å². The molecule has 2 heterocycles. The number of thiazole rings is 1. The van der Waals surface area contributed by atoms with Gasteiger partial charge in [0, 0.05) is 10.6 Å². The number of rotatable bonds is 5. The molecule has 176 valence electrons. The van der Waals surface area contributed by atoms with Crippen LogP contribution < -0.4 is 9.64 Å². The molecule has 5 rings (SSSR count). The average molecular weight is 505 g/mol. The highest BCUT2D eigenvalue weighted by Crippen LogP contribution is 2.44. The van der Waals surface area contributed by atoms with E-state index in [1.807, 2.05) is 18.2 Å². The van der Waals surface area contributed by atoms with Crippen LogP contribution in [0.2, 0.25) is 5.02 Å². The molecule has 1 atom stereocenters. The highest BCUT2D eigenvalue weighted by atomic mass is 35.5. The van der Waals surface area contributed by atoms with Crippen LogP contribution in [0.5, 0.6) is 5.75 Å². The van der Waals surface area contributed by atoms with Gasteiger partial charge < -0.3 is 9.84 Å². The molecule has 1 aromatic heterocycles. The maximum atomic E-state index is 13.4. The lowest BCUT2D eigenvalue weighted by molar-refractivity contribution is -0.132. The number of methoxy groups -OCH3 is 1. The quantitative estimate of drug-likeness (QED) is 0.200. The predicted octanol–water partition coefficient (Wildman–Crippen LogP) is 6.15. The van der Waals surface area contributed by atoms with Gasteiger partial charge >= 0.3 is 5.91 Å². The molecule has 0 bridgehead atoms. The summed E-state index contributed by atoms with van der Waals surface area (Å²) in [6, 6.07) is 18.6.